The number of nitrogens with one attached hydrogen (secondary N) is 1. The van der Waals surface area contributed by atoms with Crippen LogP contribution in [0.3, 0.4) is 0 Å². The lowest BCUT2D eigenvalue weighted by Gasteiger charge is -2.01. The van der Waals surface area contributed by atoms with Crippen LogP contribution in [0.2, 0.25) is 0 Å². The van der Waals surface area contributed by atoms with Crippen LogP contribution >= 0.6 is 0 Å². The van der Waals surface area contributed by atoms with E-state index in [1.165, 1.54) is 6.21 Å². The van der Waals surface area contributed by atoms with E-state index in [1.54, 1.807) is 12.1 Å². The fourth-order valence-electron chi connectivity index (χ4n) is 3.04. The molecule has 0 saturated carbocycles. The molecular formula is C25H21N3O3. The van der Waals surface area contributed by atoms with Gasteiger partial charge in [0, 0.05) is 29.4 Å². The molecule has 0 bridgehead atoms. The number of aryl methyl sites for hydroxylation is 1. The molecule has 3 aromatic carbocycles. The minimum Gasteiger partial charge on any atom is -0.440 e. The maximum absolute atomic E-state index is 11.7. The van der Waals surface area contributed by atoms with E-state index in [2.05, 4.69) is 10.5 Å². The number of oxime groups is 1. The number of hydrogen-bond donors (Lipinski definition) is 1. The average molecular weight is 411 g/mol. The standard InChI is InChI=1S/C25H21N3O3/c29-25(27-21-15-8-3-9-16-21)31-26-18-10-17-22-28-23(19-11-4-1-5-12-19)24(30-22)20-13-6-2-7-14-20/h1-9,11-16,18H,10,17H2,(H,27,29). The SMILES string of the molecule is O=C(Nc1ccccc1)ON=CCCc1nc(-c2ccccc2)c(-c2ccccc2)o1. The Hall–Kier alpha value is -4.19. The van der Waals surface area contributed by atoms with Crippen molar-refractivity contribution in [2.75, 3.05) is 5.32 Å². The van der Waals surface area contributed by atoms with Gasteiger partial charge < -0.3 is 4.42 Å². The van der Waals surface area contributed by atoms with Gasteiger partial charge in [0.2, 0.25) is 0 Å². The van der Waals surface area contributed by atoms with E-state index in [9.17, 15) is 4.79 Å². The van der Waals surface area contributed by atoms with Crippen LogP contribution in [0.25, 0.3) is 22.6 Å². The summed E-state index contributed by atoms with van der Waals surface area (Å²) in [5.74, 6) is 1.33. The van der Waals surface area contributed by atoms with Crippen molar-refractivity contribution in [3.8, 4) is 22.6 Å². The Labute approximate surface area is 180 Å². The fourth-order valence-corrected chi connectivity index (χ4v) is 3.04. The molecule has 4 rings (SSSR count). The van der Waals surface area contributed by atoms with Gasteiger partial charge in [-0.3, -0.25) is 10.2 Å². The Morgan fingerprint density at radius 3 is 2.19 bits per heavy atom. The van der Waals surface area contributed by atoms with Crippen molar-refractivity contribution in [2.45, 2.75) is 12.8 Å². The van der Waals surface area contributed by atoms with Crippen molar-refractivity contribution in [3.05, 3.63) is 96.9 Å². The number of para-hydroxylation sites is 1. The Morgan fingerprint density at radius 2 is 1.52 bits per heavy atom. The summed E-state index contributed by atoms with van der Waals surface area (Å²) < 4.78 is 6.07. The number of oxazole rings is 1. The minimum atomic E-state index is -0.642. The summed E-state index contributed by atoms with van der Waals surface area (Å²) in [6.45, 7) is 0. The summed E-state index contributed by atoms with van der Waals surface area (Å²) in [7, 11) is 0. The molecule has 0 unspecified atom stereocenters. The molecule has 0 fully saturated rings. The van der Waals surface area contributed by atoms with Gasteiger partial charge in [-0.15, -0.1) is 0 Å². The van der Waals surface area contributed by atoms with Crippen LogP contribution in [-0.4, -0.2) is 17.3 Å². The van der Waals surface area contributed by atoms with Crippen LogP contribution in [0, 0.1) is 0 Å². The molecule has 0 saturated heterocycles. The normalized spacial score (nSPS) is 10.8. The summed E-state index contributed by atoms with van der Waals surface area (Å²) in [4.78, 5) is 21.2. The number of amides is 1. The van der Waals surface area contributed by atoms with Crippen molar-refractivity contribution < 1.29 is 14.0 Å². The largest absolute Gasteiger partial charge is 0.440 e. The molecule has 1 heterocycles. The quantitative estimate of drug-likeness (QED) is 0.224. The maximum atomic E-state index is 11.7. The second kappa shape index (κ2) is 10.0. The number of benzene rings is 3. The van der Waals surface area contributed by atoms with Crippen LogP contribution in [0.1, 0.15) is 12.3 Å². The monoisotopic (exact) mass is 411 g/mol. The van der Waals surface area contributed by atoms with Crippen LogP contribution in [0.5, 0.6) is 0 Å². The highest BCUT2D eigenvalue weighted by atomic mass is 16.7. The van der Waals surface area contributed by atoms with E-state index >= 15 is 0 Å². The number of carbonyl (C=O) groups is 1. The van der Waals surface area contributed by atoms with Crippen LogP contribution in [0.4, 0.5) is 10.5 Å². The Morgan fingerprint density at radius 1 is 0.903 bits per heavy atom. The Kier molecular flexibility index (Phi) is 6.50. The van der Waals surface area contributed by atoms with Crippen molar-refractivity contribution >= 4 is 18.0 Å². The number of aromatic nitrogens is 1. The molecule has 6 heteroatoms. The second-order valence-corrected chi connectivity index (χ2v) is 6.71. The zero-order valence-electron chi connectivity index (χ0n) is 16.8. The van der Waals surface area contributed by atoms with E-state index in [1.807, 2.05) is 78.9 Å². The Balaban J connectivity index is 1.39. The second-order valence-electron chi connectivity index (χ2n) is 6.71. The Bertz CT molecular complexity index is 1080. The van der Waals surface area contributed by atoms with Crippen LogP contribution in [0.15, 0.2) is 101 Å². The predicted molar refractivity (Wildman–Crippen MR) is 121 cm³/mol. The number of nitrogens with zero attached hydrogens (tertiary/aromatic N) is 2. The van der Waals surface area contributed by atoms with Crippen molar-refractivity contribution in [1.29, 1.82) is 0 Å². The van der Waals surface area contributed by atoms with E-state index in [0.29, 0.717) is 24.4 Å². The maximum Gasteiger partial charge on any atom is 0.437 e. The molecule has 31 heavy (non-hydrogen) atoms. The lowest BCUT2D eigenvalue weighted by molar-refractivity contribution is 0.167. The molecule has 4 aromatic rings. The van der Waals surface area contributed by atoms with Gasteiger partial charge in [-0.05, 0) is 18.6 Å². The first-order chi connectivity index (χ1) is 15.3. The molecule has 1 aromatic heterocycles. The van der Waals surface area contributed by atoms with Crippen molar-refractivity contribution in [2.24, 2.45) is 5.16 Å². The third kappa shape index (κ3) is 5.45. The number of hydrogen-bond acceptors (Lipinski definition) is 5. The van der Waals surface area contributed by atoms with Crippen molar-refractivity contribution in [1.82, 2.24) is 4.98 Å². The van der Waals surface area contributed by atoms with Gasteiger partial charge in [-0.1, -0.05) is 84.0 Å². The topological polar surface area (TPSA) is 76.7 Å². The first-order valence-corrected chi connectivity index (χ1v) is 9.95. The number of carbonyl (C=O) groups excluding carboxylic acids is 1. The number of rotatable bonds is 7. The van der Waals surface area contributed by atoms with Gasteiger partial charge in [-0.2, -0.15) is 0 Å². The van der Waals surface area contributed by atoms with E-state index < -0.39 is 6.09 Å². The minimum absolute atomic E-state index is 0.515. The molecule has 6 nitrogen and oxygen atoms in total. The molecule has 0 aliphatic rings. The van der Waals surface area contributed by atoms with E-state index in [0.717, 1.165) is 22.6 Å². The lowest BCUT2D eigenvalue weighted by Crippen LogP contribution is -2.10. The summed E-state index contributed by atoms with van der Waals surface area (Å²) in [5, 5.41) is 6.31. The molecule has 1 amide bonds. The summed E-state index contributed by atoms with van der Waals surface area (Å²) in [5.41, 5.74) is 3.40. The highest BCUT2D eigenvalue weighted by Crippen LogP contribution is 2.32. The third-order valence-corrected chi connectivity index (χ3v) is 4.47. The predicted octanol–water partition coefficient (Wildman–Crippen LogP) is 6.18. The van der Waals surface area contributed by atoms with Gasteiger partial charge in [0.1, 0.15) is 5.69 Å². The lowest BCUT2D eigenvalue weighted by atomic mass is 10.1. The van der Waals surface area contributed by atoms with Gasteiger partial charge in [0.25, 0.3) is 0 Å². The average Bonchev–Trinajstić information content (AvgIpc) is 3.25. The highest BCUT2D eigenvalue weighted by molar-refractivity contribution is 5.84. The zero-order valence-corrected chi connectivity index (χ0v) is 16.8. The fraction of sp³-hybridized carbons (Fsp3) is 0.0800. The van der Waals surface area contributed by atoms with Gasteiger partial charge in [0.05, 0.1) is 0 Å². The van der Waals surface area contributed by atoms with E-state index in [-0.39, 0.29) is 0 Å². The van der Waals surface area contributed by atoms with E-state index in [4.69, 9.17) is 14.2 Å². The molecular weight excluding hydrogens is 390 g/mol. The van der Waals surface area contributed by atoms with Gasteiger partial charge in [-0.25, -0.2) is 9.78 Å². The van der Waals surface area contributed by atoms with Crippen LogP contribution in [-0.2, 0) is 11.3 Å². The molecule has 1 N–H and O–H groups in total. The number of anilines is 1. The molecule has 0 spiro atoms. The first kappa shape index (κ1) is 20.1. The third-order valence-electron chi connectivity index (χ3n) is 4.47. The molecule has 154 valence electrons. The first-order valence-electron chi connectivity index (χ1n) is 9.95. The molecule has 0 radical (unpaired) electrons. The summed E-state index contributed by atoms with van der Waals surface area (Å²) in [6.07, 6.45) is 1.93. The molecule has 0 aliphatic heterocycles. The van der Waals surface area contributed by atoms with Gasteiger partial charge in [0.15, 0.2) is 11.7 Å². The smallest absolute Gasteiger partial charge is 0.437 e. The zero-order chi connectivity index (χ0) is 21.3. The summed E-state index contributed by atoms with van der Waals surface area (Å²) >= 11 is 0. The summed E-state index contributed by atoms with van der Waals surface area (Å²) in [6, 6.07) is 28.9. The molecule has 0 aliphatic carbocycles. The van der Waals surface area contributed by atoms with Crippen LogP contribution < -0.4 is 5.32 Å². The van der Waals surface area contributed by atoms with Gasteiger partial charge >= 0.3 is 6.09 Å². The highest BCUT2D eigenvalue weighted by Gasteiger charge is 2.16. The molecule has 0 atom stereocenters. The van der Waals surface area contributed by atoms with Crippen molar-refractivity contribution in [3.63, 3.8) is 0 Å².